The summed E-state index contributed by atoms with van der Waals surface area (Å²) in [7, 11) is 4.03. The van der Waals surface area contributed by atoms with E-state index >= 15 is 0 Å². The van der Waals surface area contributed by atoms with Crippen molar-refractivity contribution in [2.45, 2.75) is 0 Å². The Bertz CT molecular complexity index is 1320. The molecule has 0 bridgehead atoms. The van der Waals surface area contributed by atoms with Crippen molar-refractivity contribution in [3.63, 3.8) is 0 Å². The lowest BCUT2D eigenvalue weighted by Gasteiger charge is -2.30. The average Bonchev–Trinajstić information content (AvgIpc) is 2.90. The second kappa shape index (κ2) is 10.8. The lowest BCUT2D eigenvalue weighted by atomic mass is 10.1. The number of nitrogens with zero attached hydrogens (tertiary/aromatic N) is 5. The molecule has 0 aliphatic carbocycles. The largest absolute Gasteiger partial charge is 0.491 e. The molecule has 1 fully saturated rings. The number of benzene rings is 2. The van der Waals surface area contributed by atoms with Gasteiger partial charge in [-0.2, -0.15) is 4.98 Å². The number of rotatable bonds is 8. The Kier molecular flexibility index (Phi) is 7.11. The molecule has 0 atom stereocenters. The number of morpholine rings is 1. The quantitative estimate of drug-likeness (QED) is 0.386. The predicted octanol–water partition coefficient (Wildman–Crippen LogP) is 3.79. The number of likely N-dealkylation sites (N-methyl/N-ethyl adjacent to an activating group) is 1. The number of para-hydroxylation sites is 3. The molecular weight excluding hydrogens is 454 g/mol. The van der Waals surface area contributed by atoms with Crippen molar-refractivity contribution in [1.29, 1.82) is 0 Å². The third kappa shape index (κ3) is 5.32. The van der Waals surface area contributed by atoms with Crippen molar-refractivity contribution in [2.24, 2.45) is 0 Å². The summed E-state index contributed by atoms with van der Waals surface area (Å²) >= 11 is 0. The van der Waals surface area contributed by atoms with Crippen LogP contribution in [0.5, 0.6) is 5.75 Å². The van der Waals surface area contributed by atoms with Crippen LogP contribution in [0.4, 0.5) is 23.1 Å². The van der Waals surface area contributed by atoms with Gasteiger partial charge >= 0.3 is 0 Å². The molecule has 0 unspecified atom stereocenters. The van der Waals surface area contributed by atoms with Crippen LogP contribution in [0.3, 0.4) is 0 Å². The Balaban J connectivity index is 1.44. The molecule has 1 aliphatic heterocycles. The molecule has 9 heteroatoms. The Morgan fingerprint density at radius 1 is 1.03 bits per heavy atom. The van der Waals surface area contributed by atoms with E-state index in [1.165, 1.54) is 0 Å². The summed E-state index contributed by atoms with van der Waals surface area (Å²) in [5, 5.41) is 4.18. The van der Waals surface area contributed by atoms with Crippen LogP contribution < -0.4 is 20.7 Å². The van der Waals surface area contributed by atoms with E-state index in [1.54, 1.807) is 6.20 Å². The van der Waals surface area contributed by atoms with Crippen LogP contribution in [0, 0.1) is 0 Å². The van der Waals surface area contributed by atoms with Gasteiger partial charge in [0.25, 0.3) is 0 Å². The zero-order valence-electron chi connectivity index (χ0n) is 20.6. The van der Waals surface area contributed by atoms with Crippen LogP contribution in [0.25, 0.3) is 22.2 Å². The van der Waals surface area contributed by atoms with Gasteiger partial charge in [0.1, 0.15) is 18.2 Å². The first-order valence-corrected chi connectivity index (χ1v) is 12.1. The predicted molar refractivity (Wildman–Crippen MR) is 144 cm³/mol. The van der Waals surface area contributed by atoms with Crippen LogP contribution >= 0.6 is 0 Å². The van der Waals surface area contributed by atoms with Crippen molar-refractivity contribution < 1.29 is 9.47 Å². The van der Waals surface area contributed by atoms with Gasteiger partial charge in [0.05, 0.1) is 42.0 Å². The molecule has 1 aliphatic rings. The number of fused-ring (bicyclic) bond motifs is 1. The second-order valence-corrected chi connectivity index (χ2v) is 8.91. The lowest BCUT2D eigenvalue weighted by Crippen LogP contribution is -2.36. The summed E-state index contributed by atoms with van der Waals surface area (Å²) < 4.78 is 11.3. The number of hydrogen-bond acceptors (Lipinski definition) is 9. The van der Waals surface area contributed by atoms with E-state index in [1.807, 2.05) is 62.6 Å². The van der Waals surface area contributed by atoms with E-state index in [2.05, 4.69) is 31.2 Å². The van der Waals surface area contributed by atoms with E-state index in [0.29, 0.717) is 31.6 Å². The highest BCUT2D eigenvalue weighted by Gasteiger charge is 2.17. The van der Waals surface area contributed by atoms with E-state index in [0.717, 1.165) is 58.9 Å². The minimum atomic E-state index is 0.414. The first kappa shape index (κ1) is 23.8. The molecular formula is C27H31N7O2. The summed E-state index contributed by atoms with van der Waals surface area (Å²) in [5.41, 5.74) is 10.8. The number of nitrogens with one attached hydrogen (secondary N) is 1. The van der Waals surface area contributed by atoms with Crippen LogP contribution in [0.2, 0.25) is 0 Å². The molecule has 9 nitrogen and oxygen atoms in total. The van der Waals surface area contributed by atoms with Crippen LogP contribution in [-0.2, 0) is 4.74 Å². The molecule has 0 amide bonds. The summed E-state index contributed by atoms with van der Waals surface area (Å²) in [6.07, 6.45) is 1.74. The third-order valence-electron chi connectivity index (χ3n) is 6.08. The minimum absolute atomic E-state index is 0.414. The molecule has 3 N–H and O–H groups in total. The van der Waals surface area contributed by atoms with E-state index in [9.17, 15) is 0 Å². The topological polar surface area (TPSA) is 102 Å². The van der Waals surface area contributed by atoms with E-state index in [4.69, 9.17) is 20.2 Å². The zero-order valence-corrected chi connectivity index (χ0v) is 20.6. The monoisotopic (exact) mass is 485 g/mol. The lowest BCUT2D eigenvalue weighted by molar-refractivity contribution is 0.123. The van der Waals surface area contributed by atoms with Gasteiger partial charge in [-0.25, -0.2) is 4.98 Å². The van der Waals surface area contributed by atoms with E-state index in [-0.39, 0.29) is 0 Å². The van der Waals surface area contributed by atoms with E-state index < -0.39 is 0 Å². The molecule has 36 heavy (non-hydrogen) atoms. The maximum atomic E-state index is 6.38. The maximum absolute atomic E-state index is 6.38. The first-order chi connectivity index (χ1) is 17.6. The fourth-order valence-electron chi connectivity index (χ4n) is 4.19. The summed E-state index contributed by atoms with van der Waals surface area (Å²) in [6.45, 7) is 4.54. The standard InChI is InChI=1S/C27H31N7O2/c1-33(2)12-17-36-19-10-11-22(29-18-19)20-6-5-7-21-25(20)31-27(32-26(21)28)30-23-8-3-4-9-24(23)34-13-15-35-16-14-34/h3-11,18H,12-17H2,1-2H3,(H3,28,30,31,32). The maximum Gasteiger partial charge on any atom is 0.229 e. The van der Waals surface area contributed by atoms with Gasteiger partial charge in [-0.15, -0.1) is 0 Å². The molecule has 2 aromatic carbocycles. The van der Waals surface area contributed by atoms with Crippen molar-refractivity contribution in [2.75, 3.05) is 69.5 Å². The normalized spacial score (nSPS) is 13.8. The number of nitrogens with two attached hydrogens (primary N) is 1. The molecule has 186 valence electrons. The van der Waals surface area contributed by atoms with Crippen molar-refractivity contribution in [3.05, 3.63) is 60.8 Å². The molecule has 0 saturated carbocycles. The minimum Gasteiger partial charge on any atom is -0.491 e. The van der Waals surface area contributed by atoms with Gasteiger partial charge in [-0.3, -0.25) is 4.98 Å². The van der Waals surface area contributed by atoms with Gasteiger partial charge in [-0.05, 0) is 44.4 Å². The highest BCUT2D eigenvalue weighted by atomic mass is 16.5. The zero-order chi connectivity index (χ0) is 24.9. The molecule has 5 rings (SSSR count). The molecule has 3 heterocycles. The van der Waals surface area contributed by atoms with Gasteiger partial charge in [-0.1, -0.05) is 24.3 Å². The summed E-state index contributed by atoms with van der Waals surface area (Å²) in [4.78, 5) is 18.4. The van der Waals surface area contributed by atoms with Crippen LogP contribution in [0.1, 0.15) is 0 Å². The molecule has 2 aromatic heterocycles. The number of anilines is 4. The molecule has 4 aromatic rings. The van der Waals surface area contributed by atoms with Gasteiger partial charge in [0.15, 0.2) is 0 Å². The summed E-state index contributed by atoms with van der Waals surface area (Å²) in [6, 6.07) is 17.9. The number of nitrogen functional groups attached to an aromatic ring is 1. The molecule has 1 saturated heterocycles. The van der Waals surface area contributed by atoms with Gasteiger partial charge < -0.3 is 30.3 Å². The van der Waals surface area contributed by atoms with Crippen molar-refractivity contribution in [1.82, 2.24) is 19.9 Å². The average molecular weight is 486 g/mol. The molecule has 0 spiro atoms. The highest BCUT2D eigenvalue weighted by Crippen LogP contribution is 2.32. The van der Waals surface area contributed by atoms with Crippen LogP contribution in [-0.4, -0.2) is 73.4 Å². The number of aromatic nitrogens is 3. The van der Waals surface area contributed by atoms with Crippen molar-refractivity contribution in [3.8, 4) is 17.0 Å². The second-order valence-electron chi connectivity index (χ2n) is 8.91. The first-order valence-electron chi connectivity index (χ1n) is 12.1. The fraction of sp³-hybridized carbons (Fsp3) is 0.296. The van der Waals surface area contributed by atoms with Crippen molar-refractivity contribution >= 4 is 34.0 Å². The third-order valence-corrected chi connectivity index (χ3v) is 6.08. The number of ether oxygens (including phenoxy) is 2. The Labute approximate surface area is 210 Å². The fourth-order valence-corrected chi connectivity index (χ4v) is 4.19. The molecule has 0 radical (unpaired) electrons. The number of hydrogen-bond donors (Lipinski definition) is 2. The summed E-state index contributed by atoms with van der Waals surface area (Å²) in [5.74, 6) is 1.59. The SMILES string of the molecule is CN(C)CCOc1ccc(-c2cccc3c(N)nc(Nc4ccccc4N4CCOCC4)nc23)nc1. The number of pyridine rings is 1. The Morgan fingerprint density at radius 2 is 1.86 bits per heavy atom. The van der Waals surface area contributed by atoms with Gasteiger partial charge in [0, 0.05) is 30.6 Å². The van der Waals surface area contributed by atoms with Gasteiger partial charge in [0.2, 0.25) is 5.95 Å². The highest BCUT2D eigenvalue weighted by molar-refractivity contribution is 5.98. The smallest absolute Gasteiger partial charge is 0.229 e. The Morgan fingerprint density at radius 3 is 2.64 bits per heavy atom. The van der Waals surface area contributed by atoms with Crippen LogP contribution in [0.15, 0.2) is 60.8 Å². The Hall–Kier alpha value is -3.95.